The minimum Gasteiger partial charge on any atom is -0.495 e. The number of hydrogen-bond acceptors (Lipinski definition) is 3. The van der Waals surface area contributed by atoms with E-state index in [0.29, 0.717) is 5.75 Å². The summed E-state index contributed by atoms with van der Waals surface area (Å²) in [5.74, 6) is 0.640. The van der Waals surface area contributed by atoms with Crippen molar-refractivity contribution in [3.63, 3.8) is 0 Å². The van der Waals surface area contributed by atoms with Crippen LogP contribution >= 0.6 is 15.9 Å². The van der Waals surface area contributed by atoms with Crippen LogP contribution in [0.15, 0.2) is 22.7 Å². The first-order chi connectivity index (χ1) is 7.58. The van der Waals surface area contributed by atoms with E-state index in [2.05, 4.69) is 26.6 Å². The number of nitrogens with one attached hydrogen (secondary N) is 2. The number of rotatable bonds is 4. The Balaban J connectivity index is 2.86. The fraction of sp³-hybridized carbons (Fsp3) is 0.364. The molecule has 0 saturated heterocycles. The molecule has 0 heterocycles. The van der Waals surface area contributed by atoms with Gasteiger partial charge in [-0.05, 0) is 25.1 Å². The second kappa shape index (κ2) is 5.75. The topological polar surface area (TPSA) is 50.4 Å². The smallest absolute Gasteiger partial charge is 0.241 e. The Morgan fingerprint density at radius 3 is 2.75 bits per heavy atom. The Hall–Kier alpha value is -1.23. The van der Waals surface area contributed by atoms with Gasteiger partial charge in [-0.3, -0.25) is 4.79 Å². The van der Waals surface area contributed by atoms with Crippen molar-refractivity contribution in [2.45, 2.75) is 13.0 Å². The molecular formula is C11H15BrN2O2. The Morgan fingerprint density at radius 1 is 1.50 bits per heavy atom. The summed E-state index contributed by atoms with van der Waals surface area (Å²) in [6.07, 6.45) is 0. The first-order valence-electron chi connectivity index (χ1n) is 4.90. The molecule has 0 bridgehead atoms. The number of carbonyl (C=O) groups excluding carboxylic acids is 1. The van der Waals surface area contributed by atoms with E-state index in [1.54, 1.807) is 21.1 Å². The summed E-state index contributed by atoms with van der Waals surface area (Å²) >= 11 is 3.37. The number of benzene rings is 1. The standard InChI is InChI=1S/C11H15BrN2O2/c1-7(11(15)13-2)14-9-6-8(12)4-5-10(9)16-3/h4-7,14H,1-3H3,(H,13,15). The van der Waals surface area contributed by atoms with Gasteiger partial charge in [-0.15, -0.1) is 0 Å². The molecule has 0 fully saturated rings. The van der Waals surface area contributed by atoms with E-state index in [4.69, 9.17) is 4.74 Å². The van der Waals surface area contributed by atoms with Crippen molar-refractivity contribution >= 4 is 27.5 Å². The van der Waals surface area contributed by atoms with Crippen molar-refractivity contribution in [2.75, 3.05) is 19.5 Å². The van der Waals surface area contributed by atoms with Crippen LogP contribution in [0.4, 0.5) is 5.69 Å². The average Bonchev–Trinajstić information content (AvgIpc) is 2.28. The van der Waals surface area contributed by atoms with Gasteiger partial charge in [0.05, 0.1) is 12.8 Å². The first kappa shape index (κ1) is 12.8. The summed E-state index contributed by atoms with van der Waals surface area (Å²) in [6.45, 7) is 1.79. The van der Waals surface area contributed by atoms with Crippen LogP contribution in [-0.2, 0) is 4.79 Å². The molecule has 1 aromatic rings. The molecule has 0 radical (unpaired) electrons. The summed E-state index contributed by atoms with van der Waals surface area (Å²) in [7, 11) is 3.21. The van der Waals surface area contributed by atoms with Crippen LogP contribution in [-0.4, -0.2) is 26.1 Å². The van der Waals surface area contributed by atoms with Gasteiger partial charge in [0.15, 0.2) is 0 Å². The molecule has 16 heavy (non-hydrogen) atoms. The van der Waals surface area contributed by atoms with Crippen LogP contribution in [0.1, 0.15) is 6.92 Å². The van der Waals surface area contributed by atoms with E-state index in [1.807, 2.05) is 18.2 Å². The quantitative estimate of drug-likeness (QED) is 0.890. The van der Waals surface area contributed by atoms with E-state index in [1.165, 1.54) is 0 Å². The van der Waals surface area contributed by atoms with E-state index >= 15 is 0 Å². The highest BCUT2D eigenvalue weighted by molar-refractivity contribution is 9.10. The highest BCUT2D eigenvalue weighted by Crippen LogP contribution is 2.28. The Morgan fingerprint density at radius 2 is 2.19 bits per heavy atom. The van der Waals surface area contributed by atoms with Gasteiger partial charge in [-0.2, -0.15) is 0 Å². The van der Waals surface area contributed by atoms with Crippen LogP contribution in [0.5, 0.6) is 5.75 Å². The van der Waals surface area contributed by atoms with Gasteiger partial charge in [0.1, 0.15) is 11.8 Å². The normalized spacial score (nSPS) is 11.8. The number of anilines is 1. The molecule has 1 amide bonds. The summed E-state index contributed by atoms with van der Waals surface area (Å²) in [6, 6.07) is 5.28. The van der Waals surface area contributed by atoms with Gasteiger partial charge < -0.3 is 15.4 Å². The molecule has 0 saturated carbocycles. The van der Waals surface area contributed by atoms with Crippen LogP contribution in [0, 0.1) is 0 Å². The molecule has 0 aliphatic heterocycles. The molecule has 2 N–H and O–H groups in total. The van der Waals surface area contributed by atoms with Crippen molar-refractivity contribution in [2.24, 2.45) is 0 Å². The van der Waals surface area contributed by atoms with Gasteiger partial charge in [0, 0.05) is 11.5 Å². The molecule has 1 rings (SSSR count). The molecule has 5 heteroatoms. The molecule has 88 valence electrons. The second-order valence-corrected chi connectivity index (χ2v) is 4.24. The predicted molar refractivity (Wildman–Crippen MR) is 67.8 cm³/mol. The third-order valence-corrected chi connectivity index (χ3v) is 2.67. The van der Waals surface area contributed by atoms with Gasteiger partial charge in [0.2, 0.25) is 5.91 Å². The molecule has 4 nitrogen and oxygen atoms in total. The predicted octanol–water partition coefficient (Wildman–Crippen LogP) is 2.00. The zero-order chi connectivity index (χ0) is 12.1. The first-order valence-corrected chi connectivity index (χ1v) is 5.69. The van der Waals surface area contributed by atoms with Crippen LogP contribution in [0.2, 0.25) is 0 Å². The maximum absolute atomic E-state index is 11.4. The molecule has 0 aromatic heterocycles. The lowest BCUT2D eigenvalue weighted by molar-refractivity contribution is -0.121. The third-order valence-electron chi connectivity index (χ3n) is 2.17. The van der Waals surface area contributed by atoms with Crippen LogP contribution in [0.25, 0.3) is 0 Å². The van der Waals surface area contributed by atoms with Gasteiger partial charge in [0.25, 0.3) is 0 Å². The monoisotopic (exact) mass is 286 g/mol. The Labute approximate surface area is 103 Å². The number of ether oxygens (including phenoxy) is 1. The fourth-order valence-corrected chi connectivity index (χ4v) is 1.67. The number of amides is 1. The lowest BCUT2D eigenvalue weighted by Crippen LogP contribution is -2.35. The van der Waals surface area contributed by atoms with Gasteiger partial charge in [-0.1, -0.05) is 15.9 Å². The molecule has 1 aromatic carbocycles. The minimum atomic E-state index is -0.312. The molecule has 0 spiro atoms. The number of halogens is 1. The summed E-state index contributed by atoms with van der Waals surface area (Å²) in [4.78, 5) is 11.4. The van der Waals surface area contributed by atoms with Crippen molar-refractivity contribution < 1.29 is 9.53 Å². The molecule has 0 aliphatic rings. The number of likely N-dealkylation sites (N-methyl/N-ethyl adjacent to an activating group) is 1. The highest BCUT2D eigenvalue weighted by Gasteiger charge is 2.13. The van der Waals surface area contributed by atoms with Crippen molar-refractivity contribution in [3.05, 3.63) is 22.7 Å². The third kappa shape index (κ3) is 3.13. The maximum Gasteiger partial charge on any atom is 0.241 e. The highest BCUT2D eigenvalue weighted by atomic mass is 79.9. The SMILES string of the molecule is CNC(=O)C(C)Nc1cc(Br)ccc1OC. The summed E-state index contributed by atoms with van der Waals surface area (Å²) in [5, 5.41) is 5.67. The largest absolute Gasteiger partial charge is 0.495 e. The number of carbonyl (C=O) groups is 1. The van der Waals surface area contributed by atoms with Crippen molar-refractivity contribution in [1.82, 2.24) is 5.32 Å². The average molecular weight is 287 g/mol. The Kier molecular flexibility index (Phi) is 4.61. The summed E-state index contributed by atoms with van der Waals surface area (Å²) in [5.41, 5.74) is 0.785. The van der Waals surface area contributed by atoms with E-state index < -0.39 is 0 Å². The van der Waals surface area contributed by atoms with E-state index in [9.17, 15) is 4.79 Å². The second-order valence-electron chi connectivity index (χ2n) is 3.32. The number of methoxy groups -OCH3 is 1. The van der Waals surface area contributed by atoms with Crippen molar-refractivity contribution in [1.29, 1.82) is 0 Å². The molecule has 0 aliphatic carbocycles. The zero-order valence-corrected chi connectivity index (χ0v) is 11.1. The molecule has 1 unspecified atom stereocenters. The lowest BCUT2D eigenvalue weighted by atomic mass is 10.2. The van der Waals surface area contributed by atoms with Gasteiger partial charge >= 0.3 is 0 Å². The number of hydrogen-bond donors (Lipinski definition) is 2. The van der Waals surface area contributed by atoms with Crippen LogP contribution < -0.4 is 15.4 Å². The van der Waals surface area contributed by atoms with Crippen molar-refractivity contribution in [3.8, 4) is 5.75 Å². The van der Waals surface area contributed by atoms with Crippen LogP contribution in [0.3, 0.4) is 0 Å². The Bertz CT molecular complexity index is 382. The maximum atomic E-state index is 11.4. The summed E-state index contributed by atoms with van der Waals surface area (Å²) < 4.78 is 6.13. The van der Waals surface area contributed by atoms with Gasteiger partial charge in [-0.25, -0.2) is 0 Å². The minimum absolute atomic E-state index is 0.0676. The van der Waals surface area contributed by atoms with E-state index in [0.717, 1.165) is 10.2 Å². The van der Waals surface area contributed by atoms with E-state index in [-0.39, 0.29) is 11.9 Å². The zero-order valence-electron chi connectivity index (χ0n) is 9.50. The lowest BCUT2D eigenvalue weighted by Gasteiger charge is -2.16. The molecule has 1 atom stereocenters. The molecular weight excluding hydrogens is 272 g/mol. The fourth-order valence-electron chi connectivity index (χ4n) is 1.31.